The molecular weight excluding hydrogens is 236 g/mol. The van der Waals surface area contributed by atoms with Crippen LogP contribution in [0.25, 0.3) is 0 Å². The molecule has 0 bridgehead atoms. The number of piperazine rings is 2. The van der Waals surface area contributed by atoms with Gasteiger partial charge in [0.25, 0.3) is 0 Å². The van der Waals surface area contributed by atoms with Gasteiger partial charge >= 0.3 is 0 Å². The molecule has 4 nitrogen and oxygen atoms in total. The summed E-state index contributed by atoms with van der Waals surface area (Å²) in [5, 5.41) is 3.45. The van der Waals surface area contributed by atoms with Crippen molar-refractivity contribution in [2.75, 3.05) is 52.9 Å². The van der Waals surface area contributed by atoms with Crippen LogP contribution in [0.1, 0.15) is 27.7 Å². The normalized spacial score (nSPS) is 32.7. The van der Waals surface area contributed by atoms with Crippen molar-refractivity contribution in [3.8, 4) is 0 Å². The number of hydrogen-bond donors (Lipinski definition) is 1. The van der Waals surface area contributed by atoms with Crippen LogP contribution in [-0.4, -0.2) is 85.2 Å². The standard InChI is InChI=1S/C15H32N4/c1-13-10-18(11-14(2)17(13)5)12-15(3,4)19-8-6-16-7-9-19/h13-14,16H,6-12H2,1-5H3. The van der Waals surface area contributed by atoms with Gasteiger partial charge in [-0.15, -0.1) is 0 Å². The van der Waals surface area contributed by atoms with E-state index in [1.54, 1.807) is 0 Å². The first-order valence-electron chi connectivity index (χ1n) is 7.80. The summed E-state index contributed by atoms with van der Waals surface area (Å²) >= 11 is 0. The van der Waals surface area contributed by atoms with Gasteiger partial charge in [-0.2, -0.15) is 0 Å². The first kappa shape index (κ1) is 15.2. The highest BCUT2D eigenvalue weighted by atomic mass is 15.3. The topological polar surface area (TPSA) is 21.8 Å². The molecule has 0 amide bonds. The molecule has 2 aliphatic heterocycles. The SMILES string of the molecule is CC1CN(CC(C)(C)N2CCNCC2)CC(C)N1C. The van der Waals surface area contributed by atoms with Crippen LogP contribution in [0.5, 0.6) is 0 Å². The lowest BCUT2D eigenvalue weighted by atomic mass is 9.98. The van der Waals surface area contributed by atoms with Crippen LogP contribution in [-0.2, 0) is 0 Å². The molecule has 0 aromatic rings. The maximum Gasteiger partial charge on any atom is 0.0281 e. The number of likely N-dealkylation sites (N-methyl/N-ethyl adjacent to an activating group) is 1. The monoisotopic (exact) mass is 268 g/mol. The molecular formula is C15H32N4. The van der Waals surface area contributed by atoms with E-state index in [9.17, 15) is 0 Å². The van der Waals surface area contributed by atoms with E-state index in [-0.39, 0.29) is 5.54 Å². The van der Waals surface area contributed by atoms with Crippen molar-refractivity contribution in [2.45, 2.75) is 45.3 Å². The van der Waals surface area contributed by atoms with E-state index < -0.39 is 0 Å². The fourth-order valence-electron chi connectivity index (χ4n) is 3.56. The summed E-state index contributed by atoms with van der Waals surface area (Å²) in [5.41, 5.74) is 0.289. The lowest BCUT2D eigenvalue weighted by molar-refractivity contribution is 0.0111. The van der Waals surface area contributed by atoms with Crippen LogP contribution in [0.2, 0.25) is 0 Å². The van der Waals surface area contributed by atoms with Crippen LogP contribution >= 0.6 is 0 Å². The van der Waals surface area contributed by atoms with Gasteiger partial charge in [0.05, 0.1) is 0 Å². The fraction of sp³-hybridized carbons (Fsp3) is 1.00. The highest BCUT2D eigenvalue weighted by Crippen LogP contribution is 2.20. The number of nitrogens with zero attached hydrogens (tertiary/aromatic N) is 3. The molecule has 1 N–H and O–H groups in total. The van der Waals surface area contributed by atoms with Crippen molar-refractivity contribution in [3.05, 3.63) is 0 Å². The molecule has 2 atom stereocenters. The average molecular weight is 268 g/mol. The van der Waals surface area contributed by atoms with Gasteiger partial charge in [0, 0.05) is 63.4 Å². The Morgan fingerprint density at radius 1 is 1.05 bits per heavy atom. The zero-order chi connectivity index (χ0) is 14.0. The van der Waals surface area contributed by atoms with Crippen LogP contribution < -0.4 is 5.32 Å². The van der Waals surface area contributed by atoms with Gasteiger partial charge < -0.3 is 5.32 Å². The van der Waals surface area contributed by atoms with E-state index in [0.29, 0.717) is 12.1 Å². The van der Waals surface area contributed by atoms with Crippen molar-refractivity contribution in [1.29, 1.82) is 0 Å². The largest absolute Gasteiger partial charge is 0.314 e. The van der Waals surface area contributed by atoms with Gasteiger partial charge in [0.1, 0.15) is 0 Å². The van der Waals surface area contributed by atoms with E-state index in [2.05, 4.69) is 54.8 Å². The second kappa shape index (κ2) is 6.08. The summed E-state index contributed by atoms with van der Waals surface area (Å²) in [4.78, 5) is 7.82. The van der Waals surface area contributed by atoms with Crippen molar-refractivity contribution in [2.24, 2.45) is 0 Å². The quantitative estimate of drug-likeness (QED) is 0.813. The summed E-state index contributed by atoms with van der Waals surface area (Å²) in [6.07, 6.45) is 0. The van der Waals surface area contributed by atoms with E-state index in [1.165, 1.54) is 32.7 Å². The predicted octanol–water partition coefficient (Wildman–Crippen LogP) is 0.695. The molecule has 2 unspecified atom stereocenters. The molecule has 2 aliphatic rings. The molecule has 2 fully saturated rings. The van der Waals surface area contributed by atoms with Gasteiger partial charge in [-0.1, -0.05) is 0 Å². The lowest BCUT2D eigenvalue weighted by Gasteiger charge is -2.48. The first-order chi connectivity index (χ1) is 8.90. The second-order valence-corrected chi connectivity index (χ2v) is 7.11. The minimum atomic E-state index is 0.289. The summed E-state index contributed by atoms with van der Waals surface area (Å²) < 4.78 is 0. The summed E-state index contributed by atoms with van der Waals surface area (Å²) in [7, 11) is 2.26. The predicted molar refractivity (Wildman–Crippen MR) is 81.6 cm³/mol. The van der Waals surface area contributed by atoms with Gasteiger partial charge in [0.2, 0.25) is 0 Å². The van der Waals surface area contributed by atoms with Crippen LogP contribution in [0.3, 0.4) is 0 Å². The molecule has 0 aromatic carbocycles. The van der Waals surface area contributed by atoms with E-state index in [0.717, 1.165) is 13.1 Å². The van der Waals surface area contributed by atoms with Crippen molar-refractivity contribution in [3.63, 3.8) is 0 Å². The van der Waals surface area contributed by atoms with Crippen LogP contribution in [0, 0.1) is 0 Å². The summed E-state index contributed by atoms with van der Waals surface area (Å²) in [6, 6.07) is 1.34. The molecule has 4 heteroatoms. The minimum absolute atomic E-state index is 0.289. The molecule has 0 aliphatic carbocycles. The fourth-order valence-corrected chi connectivity index (χ4v) is 3.56. The summed E-state index contributed by atoms with van der Waals surface area (Å²) in [5.74, 6) is 0. The minimum Gasteiger partial charge on any atom is -0.314 e. The van der Waals surface area contributed by atoms with Crippen molar-refractivity contribution < 1.29 is 0 Å². The zero-order valence-corrected chi connectivity index (χ0v) is 13.4. The number of nitrogens with one attached hydrogen (secondary N) is 1. The smallest absolute Gasteiger partial charge is 0.0281 e. The Kier molecular flexibility index (Phi) is 4.88. The second-order valence-electron chi connectivity index (χ2n) is 7.11. The third-order valence-corrected chi connectivity index (χ3v) is 5.02. The number of hydrogen-bond acceptors (Lipinski definition) is 4. The van der Waals surface area contributed by atoms with Crippen molar-refractivity contribution >= 4 is 0 Å². The molecule has 112 valence electrons. The molecule has 2 rings (SSSR count). The van der Waals surface area contributed by atoms with Gasteiger partial charge in [-0.05, 0) is 34.7 Å². The molecule has 0 aromatic heterocycles. The van der Waals surface area contributed by atoms with E-state index in [4.69, 9.17) is 0 Å². The Bertz CT molecular complexity index is 274. The highest BCUT2D eigenvalue weighted by Gasteiger charge is 2.33. The van der Waals surface area contributed by atoms with Crippen molar-refractivity contribution in [1.82, 2.24) is 20.0 Å². The Morgan fingerprint density at radius 3 is 2.11 bits per heavy atom. The van der Waals surface area contributed by atoms with Gasteiger partial charge in [-0.25, -0.2) is 0 Å². The third kappa shape index (κ3) is 3.69. The maximum atomic E-state index is 3.45. The average Bonchev–Trinajstić information content (AvgIpc) is 2.36. The zero-order valence-electron chi connectivity index (χ0n) is 13.4. The molecule has 0 radical (unpaired) electrons. The first-order valence-corrected chi connectivity index (χ1v) is 7.80. The Hall–Kier alpha value is -0.160. The molecule has 2 heterocycles. The van der Waals surface area contributed by atoms with E-state index in [1.807, 2.05) is 0 Å². The van der Waals surface area contributed by atoms with Crippen LogP contribution in [0.4, 0.5) is 0 Å². The summed E-state index contributed by atoms with van der Waals surface area (Å²) in [6.45, 7) is 17.8. The molecule has 0 spiro atoms. The Labute approximate surface area is 119 Å². The molecule has 0 saturated carbocycles. The highest BCUT2D eigenvalue weighted by molar-refractivity contribution is 4.91. The maximum absolute atomic E-state index is 3.45. The molecule has 19 heavy (non-hydrogen) atoms. The molecule has 2 saturated heterocycles. The Morgan fingerprint density at radius 2 is 1.58 bits per heavy atom. The lowest BCUT2D eigenvalue weighted by Crippen LogP contribution is -2.62. The Balaban J connectivity index is 1.92. The number of rotatable bonds is 3. The van der Waals surface area contributed by atoms with Gasteiger partial charge in [-0.3, -0.25) is 14.7 Å². The van der Waals surface area contributed by atoms with Gasteiger partial charge in [0.15, 0.2) is 0 Å². The van der Waals surface area contributed by atoms with Crippen LogP contribution in [0.15, 0.2) is 0 Å². The van der Waals surface area contributed by atoms with E-state index >= 15 is 0 Å². The third-order valence-electron chi connectivity index (χ3n) is 5.02.